The number of halogens is 5. The fraction of sp³-hybridized carbons (Fsp3) is 0.294. The SMILES string of the molecule is CCN(c1ccc(-n2ncc(NC[C@]3(F)CCCOC3)c(Cl)c2=O)cc1)c1ccc(F)nn1.CCN(c1ccc(Br)cc1)c1ccc(F)nn1. The molecule has 1 fully saturated rings. The molecular weight excluding hydrogens is 739 g/mol. The number of aromatic nitrogens is 6. The first kappa shape index (κ1) is 36.7. The molecule has 2 aromatic carbocycles. The molecule has 1 aliphatic rings. The third kappa shape index (κ3) is 9.14. The van der Waals surface area contributed by atoms with Gasteiger partial charge in [-0.3, -0.25) is 4.79 Å². The number of hydrogen-bond acceptors (Lipinski definition) is 10. The summed E-state index contributed by atoms with van der Waals surface area (Å²) in [6, 6.07) is 20.6. The zero-order valence-corrected chi connectivity index (χ0v) is 29.6. The number of nitrogens with zero attached hydrogens (tertiary/aromatic N) is 8. The van der Waals surface area contributed by atoms with Gasteiger partial charge in [-0.25, -0.2) is 4.39 Å². The second-order valence-corrected chi connectivity index (χ2v) is 12.5. The van der Waals surface area contributed by atoms with Crippen LogP contribution >= 0.6 is 27.5 Å². The van der Waals surface area contributed by atoms with Gasteiger partial charge in [0.25, 0.3) is 5.56 Å². The second kappa shape index (κ2) is 16.9. The van der Waals surface area contributed by atoms with E-state index in [1.165, 1.54) is 29.1 Å². The summed E-state index contributed by atoms with van der Waals surface area (Å²) >= 11 is 9.65. The molecule has 1 N–H and O–H groups in total. The molecule has 0 saturated carbocycles. The second-order valence-electron chi connectivity index (χ2n) is 11.2. The molecule has 4 heterocycles. The molecule has 5 aromatic rings. The molecule has 50 heavy (non-hydrogen) atoms. The van der Waals surface area contributed by atoms with Gasteiger partial charge in [0.05, 0.1) is 30.7 Å². The zero-order valence-electron chi connectivity index (χ0n) is 27.2. The topological polar surface area (TPSA) is 114 Å². The number of rotatable bonds is 10. The van der Waals surface area contributed by atoms with Crippen molar-refractivity contribution in [1.29, 1.82) is 0 Å². The highest BCUT2D eigenvalue weighted by Crippen LogP contribution is 2.27. The van der Waals surface area contributed by atoms with Gasteiger partial charge in [0.2, 0.25) is 11.9 Å². The van der Waals surface area contributed by atoms with E-state index in [1.54, 1.807) is 30.3 Å². The van der Waals surface area contributed by atoms with Crippen LogP contribution in [0.15, 0.2) is 88.3 Å². The fourth-order valence-corrected chi connectivity index (χ4v) is 5.67. The first-order chi connectivity index (χ1) is 24.1. The van der Waals surface area contributed by atoms with Crippen LogP contribution in [0.25, 0.3) is 5.69 Å². The van der Waals surface area contributed by atoms with Crippen molar-refractivity contribution in [3.05, 3.63) is 111 Å². The molecule has 0 unspecified atom stereocenters. The molecule has 1 aliphatic heterocycles. The summed E-state index contributed by atoms with van der Waals surface area (Å²) in [4.78, 5) is 16.6. The first-order valence-electron chi connectivity index (χ1n) is 15.8. The number of alkyl halides is 1. The minimum atomic E-state index is -1.51. The standard InChI is InChI=1S/C22H23ClF2N6O2.C12H11BrFN3/c1-2-30(19-9-8-18(24)28-29-19)15-4-6-16(7-5-15)31-21(32)20(23)17(12-27-31)26-13-22(25)10-3-11-33-14-22;1-2-17(10-5-3-9(13)4-6-10)12-8-7-11(14)15-16-12/h4-9,12,26H,2-3,10-11,13-14H2,1H3;3-8H,2H2,1H3/t22-;/m1./s1. The van der Waals surface area contributed by atoms with Crippen LogP contribution in [-0.4, -0.2) is 68.7 Å². The van der Waals surface area contributed by atoms with Gasteiger partial charge in [0.1, 0.15) is 5.02 Å². The molecule has 0 spiro atoms. The van der Waals surface area contributed by atoms with Crippen molar-refractivity contribution in [3.8, 4) is 5.69 Å². The molecule has 3 aromatic heterocycles. The predicted octanol–water partition coefficient (Wildman–Crippen LogP) is 7.44. The van der Waals surface area contributed by atoms with Crippen molar-refractivity contribution >= 4 is 56.2 Å². The summed E-state index contributed by atoms with van der Waals surface area (Å²) < 4.78 is 47.9. The summed E-state index contributed by atoms with van der Waals surface area (Å²) in [5.41, 5.74) is 0.509. The largest absolute Gasteiger partial charge is 0.379 e. The molecule has 0 amide bonds. The normalized spacial score (nSPS) is 15.5. The Kier molecular flexibility index (Phi) is 12.4. The van der Waals surface area contributed by atoms with E-state index in [4.69, 9.17) is 16.3 Å². The van der Waals surface area contributed by atoms with E-state index in [-0.39, 0.29) is 23.9 Å². The van der Waals surface area contributed by atoms with Gasteiger partial charge in [-0.15, -0.1) is 20.4 Å². The highest BCUT2D eigenvalue weighted by molar-refractivity contribution is 9.10. The van der Waals surface area contributed by atoms with Crippen molar-refractivity contribution in [2.45, 2.75) is 32.4 Å². The number of hydrogen-bond donors (Lipinski definition) is 1. The van der Waals surface area contributed by atoms with Crippen LogP contribution in [0, 0.1) is 11.9 Å². The van der Waals surface area contributed by atoms with E-state index in [0.717, 1.165) is 22.4 Å². The summed E-state index contributed by atoms with van der Waals surface area (Å²) in [7, 11) is 0. The van der Waals surface area contributed by atoms with Gasteiger partial charge in [-0.05, 0) is 99.5 Å². The Bertz CT molecular complexity index is 1850. The molecule has 16 heteroatoms. The number of ether oxygens (including phenoxy) is 1. The Balaban J connectivity index is 0.000000240. The van der Waals surface area contributed by atoms with Crippen molar-refractivity contribution < 1.29 is 17.9 Å². The smallest absolute Gasteiger partial charge is 0.292 e. The minimum Gasteiger partial charge on any atom is -0.379 e. The third-order valence-corrected chi connectivity index (χ3v) is 8.65. The van der Waals surface area contributed by atoms with Gasteiger partial charge in [0.15, 0.2) is 17.3 Å². The summed E-state index contributed by atoms with van der Waals surface area (Å²) in [5.74, 6) is -0.0922. The van der Waals surface area contributed by atoms with Crippen LogP contribution in [0.5, 0.6) is 0 Å². The Morgan fingerprint density at radius 1 is 0.880 bits per heavy atom. The maximum atomic E-state index is 14.7. The molecule has 1 saturated heterocycles. The average molecular weight is 773 g/mol. The van der Waals surface area contributed by atoms with E-state index in [9.17, 15) is 18.0 Å². The summed E-state index contributed by atoms with van der Waals surface area (Å²) in [6.45, 7) is 5.78. The Morgan fingerprint density at radius 2 is 1.44 bits per heavy atom. The van der Waals surface area contributed by atoms with E-state index < -0.39 is 23.1 Å². The molecule has 1 atom stereocenters. The molecule has 0 bridgehead atoms. The third-order valence-electron chi connectivity index (χ3n) is 7.75. The lowest BCUT2D eigenvalue weighted by Gasteiger charge is -2.29. The van der Waals surface area contributed by atoms with Crippen LogP contribution in [0.3, 0.4) is 0 Å². The Morgan fingerprint density at radius 3 is 1.92 bits per heavy atom. The van der Waals surface area contributed by atoms with Crippen molar-refractivity contribution in [1.82, 2.24) is 30.2 Å². The molecule has 262 valence electrons. The molecule has 0 radical (unpaired) electrons. The lowest BCUT2D eigenvalue weighted by molar-refractivity contribution is -0.0234. The van der Waals surface area contributed by atoms with Gasteiger partial charge in [-0.2, -0.15) is 18.6 Å². The fourth-order valence-electron chi connectivity index (χ4n) is 5.21. The Hall–Kier alpha value is -4.60. The molecule has 11 nitrogen and oxygen atoms in total. The van der Waals surface area contributed by atoms with Crippen molar-refractivity contribution in [3.63, 3.8) is 0 Å². The summed E-state index contributed by atoms with van der Waals surface area (Å²) in [6.07, 6.45) is 2.43. The van der Waals surface area contributed by atoms with Crippen LogP contribution in [0.1, 0.15) is 26.7 Å². The maximum absolute atomic E-state index is 14.7. The number of anilines is 5. The zero-order chi connectivity index (χ0) is 35.7. The first-order valence-corrected chi connectivity index (χ1v) is 17.0. The number of benzene rings is 2. The van der Waals surface area contributed by atoms with Crippen LogP contribution in [-0.2, 0) is 4.74 Å². The Labute approximate surface area is 300 Å². The van der Waals surface area contributed by atoms with E-state index in [0.29, 0.717) is 43.3 Å². The van der Waals surface area contributed by atoms with Crippen LogP contribution in [0.4, 0.5) is 41.9 Å². The quantitative estimate of drug-likeness (QED) is 0.154. The maximum Gasteiger partial charge on any atom is 0.292 e. The van der Waals surface area contributed by atoms with Crippen molar-refractivity contribution in [2.24, 2.45) is 0 Å². The highest BCUT2D eigenvalue weighted by Gasteiger charge is 2.32. The number of nitrogens with one attached hydrogen (secondary N) is 1. The predicted molar refractivity (Wildman–Crippen MR) is 191 cm³/mol. The molecule has 0 aliphatic carbocycles. The van der Waals surface area contributed by atoms with Crippen molar-refractivity contribution in [2.75, 3.05) is 48.0 Å². The van der Waals surface area contributed by atoms with Gasteiger partial charge >= 0.3 is 0 Å². The monoisotopic (exact) mass is 771 g/mol. The molecule has 6 rings (SSSR count). The van der Waals surface area contributed by atoms with E-state index in [2.05, 4.69) is 46.7 Å². The lowest BCUT2D eigenvalue weighted by Crippen LogP contribution is -2.40. The van der Waals surface area contributed by atoms with Gasteiger partial charge in [-0.1, -0.05) is 27.5 Å². The van der Waals surface area contributed by atoms with E-state index >= 15 is 0 Å². The van der Waals surface area contributed by atoms with Gasteiger partial charge < -0.3 is 19.9 Å². The molecular formula is C34H34BrClF3N9O2. The average Bonchev–Trinajstić information content (AvgIpc) is 3.13. The highest BCUT2D eigenvalue weighted by atomic mass is 79.9. The van der Waals surface area contributed by atoms with Crippen LogP contribution in [0.2, 0.25) is 5.02 Å². The minimum absolute atomic E-state index is 0.00669. The van der Waals surface area contributed by atoms with Gasteiger partial charge in [0, 0.05) is 35.5 Å². The van der Waals surface area contributed by atoms with Crippen LogP contribution < -0.4 is 20.7 Å². The summed E-state index contributed by atoms with van der Waals surface area (Å²) in [5, 5.41) is 21.6. The van der Waals surface area contributed by atoms with E-state index in [1.807, 2.05) is 47.9 Å². The lowest BCUT2D eigenvalue weighted by atomic mass is 9.99.